The zero-order valence-corrected chi connectivity index (χ0v) is 12.9. The van der Waals surface area contributed by atoms with Crippen LogP contribution in [-0.4, -0.2) is 34.5 Å². The largest absolute Gasteiger partial charge is 0.489 e. The van der Waals surface area contributed by atoms with Crippen LogP contribution in [-0.2, 0) is 6.54 Å². The highest BCUT2D eigenvalue weighted by atomic mass is 35.5. The zero-order valence-electron chi connectivity index (χ0n) is 11.3. The molecule has 0 radical (unpaired) electrons. The van der Waals surface area contributed by atoms with Crippen LogP contribution in [0.25, 0.3) is 0 Å². The molecule has 1 heterocycles. The Balaban J connectivity index is 1.72. The van der Waals surface area contributed by atoms with Gasteiger partial charge < -0.3 is 19.7 Å². The Morgan fingerprint density at radius 3 is 2.95 bits per heavy atom. The molecular formula is C13H15Cl2N3O3. The molecule has 1 aromatic carbocycles. The van der Waals surface area contributed by atoms with E-state index < -0.39 is 6.10 Å². The smallest absolute Gasteiger partial charge is 0.223 e. The molecule has 114 valence electrons. The summed E-state index contributed by atoms with van der Waals surface area (Å²) in [7, 11) is 0. The third-order valence-electron chi connectivity index (χ3n) is 2.56. The van der Waals surface area contributed by atoms with E-state index in [4.69, 9.17) is 32.5 Å². The van der Waals surface area contributed by atoms with Crippen LogP contribution in [0.3, 0.4) is 0 Å². The quantitative estimate of drug-likeness (QED) is 0.809. The van der Waals surface area contributed by atoms with E-state index in [1.807, 2.05) is 0 Å². The maximum atomic E-state index is 9.83. The molecule has 1 unspecified atom stereocenters. The average Bonchev–Trinajstić information content (AvgIpc) is 2.85. The number of hydrogen-bond donors (Lipinski definition) is 2. The lowest BCUT2D eigenvalue weighted by atomic mass is 10.3. The number of halogens is 2. The number of aliphatic hydroxyl groups excluding tert-OH is 1. The van der Waals surface area contributed by atoms with E-state index in [0.717, 1.165) is 0 Å². The van der Waals surface area contributed by atoms with Gasteiger partial charge in [-0.15, -0.1) is 0 Å². The number of benzene rings is 1. The first-order valence-corrected chi connectivity index (χ1v) is 7.06. The van der Waals surface area contributed by atoms with Gasteiger partial charge in [-0.25, -0.2) is 0 Å². The fraction of sp³-hybridized carbons (Fsp3) is 0.385. The zero-order chi connectivity index (χ0) is 15.2. The van der Waals surface area contributed by atoms with Crippen LogP contribution in [0.2, 0.25) is 10.0 Å². The second kappa shape index (κ2) is 7.61. The van der Waals surface area contributed by atoms with Crippen LogP contribution in [0.5, 0.6) is 5.75 Å². The number of aliphatic hydroxyl groups is 1. The highest BCUT2D eigenvalue weighted by Crippen LogP contribution is 2.27. The number of aryl methyl sites for hydroxylation is 1. The molecule has 2 N–H and O–H groups in total. The molecule has 0 bridgehead atoms. The van der Waals surface area contributed by atoms with Crippen LogP contribution in [0, 0.1) is 6.92 Å². The Hall–Kier alpha value is -1.34. The first-order chi connectivity index (χ1) is 10.0. The molecule has 0 fully saturated rings. The monoisotopic (exact) mass is 331 g/mol. The van der Waals surface area contributed by atoms with Crippen LogP contribution >= 0.6 is 23.2 Å². The average molecular weight is 332 g/mol. The van der Waals surface area contributed by atoms with Gasteiger partial charge in [-0.2, -0.15) is 4.98 Å². The number of ether oxygens (including phenoxy) is 1. The lowest BCUT2D eigenvalue weighted by Gasteiger charge is -2.13. The van der Waals surface area contributed by atoms with Crippen LogP contribution in [0.15, 0.2) is 22.7 Å². The minimum Gasteiger partial charge on any atom is -0.489 e. The van der Waals surface area contributed by atoms with Crippen molar-refractivity contribution in [3.05, 3.63) is 40.0 Å². The second-order valence-corrected chi connectivity index (χ2v) is 5.24. The van der Waals surface area contributed by atoms with E-state index in [2.05, 4.69) is 15.5 Å². The Labute approximate surface area is 132 Å². The van der Waals surface area contributed by atoms with Crippen molar-refractivity contribution < 1.29 is 14.4 Å². The predicted octanol–water partition coefficient (Wildman–Crippen LogP) is 2.21. The summed E-state index contributed by atoms with van der Waals surface area (Å²) in [5, 5.41) is 17.5. The van der Waals surface area contributed by atoms with Gasteiger partial charge in [0.2, 0.25) is 5.89 Å². The van der Waals surface area contributed by atoms with Gasteiger partial charge in [-0.3, -0.25) is 0 Å². The number of aromatic nitrogens is 2. The highest BCUT2D eigenvalue weighted by molar-refractivity contribution is 6.34. The summed E-state index contributed by atoms with van der Waals surface area (Å²) in [4.78, 5) is 4.04. The van der Waals surface area contributed by atoms with Crippen molar-refractivity contribution in [3.8, 4) is 5.75 Å². The van der Waals surface area contributed by atoms with Crippen molar-refractivity contribution in [2.45, 2.75) is 19.6 Å². The Bertz CT molecular complexity index is 592. The molecule has 0 aliphatic carbocycles. The van der Waals surface area contributed by atoms with Gasteiger partial charge in [-0.05, 0) is 12.1 Å². The predicted molar refractivity (Wildman–Crippen MR) is 78.7 cm³/mol. The van der Waals surface area contributed by atoms with Gasteiger partial charge in [0, 0.05) is 24.6 Å². The van der Waals surface area contributed by atoms with Crippen molar-refractivity contribution in [2.24, 2.45) is 0 Å². The fourth-order valence-electron chi connectivity index (χ4n) is 1.60. The van der Waals surface area contributed by atoms with Gasteiger partial charge in [0.15, 0.2) is 5.82 Å². The van der Waals surface area contributed by atoms with Gasteiger partial charge in [-0.1, -0.05) is 28.4 Å². The second-order valence-electron chi connectivity index (χ2n) is 4.40. The Morgan fingerprint density at radius 2 is 2.24 bits per heavy atom. The van der Waals surface area contributed by atoms with Crippen molar-refractivity contribution >= 4 is 23.2 Å². The van der Waals surface area contributed by atoms with Crippen molar-refractivity contribution in [1.82, 2.24) is 15.5 Å². The molecule has 0 saturated heterocycles. The fourth-order valence-corrected chi connectivity index (χ4v) is 1.93. The van der Waals surface area contributed by atoms with E-state index in [1.165, 1.54) is 0 Å². The van der Waals surface area contributed by atoms with Crippen LogP contribution < -0.4 is 10.1 Å². The summed E-state index contributed by atoms with van der Waals surface area (Å²) in [5.41, 5.74) is 0. The summed E-state index contributed by atoms with van der Waals surface area (Å²) in [5.74, 6) is 1.49. The maximum absolute atomic E-state index is 9.83. The summed E-state index contributed by atoms with van der Waals surface area (Å²) in [6.45, 7) is 2.55. The maximum Gasteiger partial charge on any atom is 0.223 e. The molecule has 0 saturated carbocycles. The lowest BCUT2D eigenvalue weighted by Crippen LogP contribution is -2.31. The molecular weight excluding hydrogens is 317 g/mol. The topological polar surface area (TPSA) is 80.4 Å². The molecule has 2 rings (SSSR count). The van der Waals surface area contributed by atoms with Gasteiger partial charge in [0.05, 0.1) is 11.6 Å². The van der Waals surface area contributed by atoms with E-state index in [1.54, 1.807) is 25.1 Å². The molecule has 0 spiro atoms. The number of hydrogen-bond acceptors (Lipinski definition) is 6. The van der Waals surface area contributed by atoms with Crippen molar-refractivity contribution in [3.63, 3.8) is 0 Å². The van der Waals surface area contributed by atoms with E-state index >= 15 is 0 Å². The van der Waals surface area contributed by atoms with Crippen molar-refractivity contribution in [2.75, 3.05) is 13.2 Å². The SMILES string of the molecule is Cc1nc(CNCC(O)COc2cc(Cl)ccc2Cl)no1. The normalized spacial score (nSPS) is 12.4. The molecule has 2 aromatic rings. The first kappa shape index (κ1) is 16.0. The number of rotatable bonds is 7. The minimum atomic E-state index is -0.701. The number of nitrogens with zero attached hydrogens (tertiary/aromatic N) is 2. The molecule has 1 atom stereocenters. The molecule has 1 aromatic heterocycles. The molecule has 6 nitrogen and oxygen atoms in total. The first-order valence-electron chi connectivity index (χ1n) is 6.30. The van der Waals surface area contributed by atoms with Gasteiger partial charge >= 0.3 is 0 Å². The molecule has 8 heteroatoms. The molecule has 0 aliphatic rings. The van der Waals surface area contributed by atoms with E-state index in [0.29, 0.717) is 40.6 Å². The highest BCUT2D eigenvalue weighted by Gasteiger charge is 2.09. The summed E-state index contributed by atoms with van der Waals surface area (Å²) >= 11 is 11.8. The molecule has 0 amide bonds. The third-order valence-corrected chi connectivity index (χ3v) is 3.10. The molecule has 0 aliphatic heterocycles. The number of nitrogens with one attached hydrogen (secondary N) is 1. The van der Waals surface area contributed by atoms with Gasteiger partial charge in [0.1, 0.15) is 18.5 Å². The summed E-state index contributed by atoms with van der Waals surface area (Å²) in [6, 6.07) is 4.91. The molecule has 21 heavy (non-hydrogen) atoms. The lowest BCUT2D eigenvalue weighted by molar-refractivity contribution is 0.106. The minimum absolute atomic E-state index is 0.0956. The van der Waals surface area contributed by atoms with Crippen molar-refractivity contribution in [1.29, 1.82) is 0 Å². The van der Waals surface area contributed by atoms with E-state index in [9.17, 15) is 5.11 Å². The van der Waals surface area contributed by atoms with E-state index in [-0.39, 0.29) is 6.61 Å². The van der Waals surface area contributed by atoms with Gasteiger partial charge in [0.25, 0.3) is 0 Å². The summed E-state index contributed by atoms with van der Waals surface area (Å²) in [6.07, 6.45) is -0.701. The van der Waals surface area contributed by atoms with Crippen LogP contribution in [0.1, 0.15) is 11.7 Å². The summed E-state index contributed by atoms with van der Waals surface area (Å²) < 4.78 is 10.3. The Kier molecular flexibility index (Phi) is 5.81. The van der Waals surface area contributed by atoms with Crippen LogP contribution in [0.4, 0.5) is 0 Å². The standard InChI is InChI=1S/C13H15Cl2N3O3/c1-8-17-13(18-21-8)6-16-5-10(19)7-20-12-4-9(14)2-3-11(12)15/h2-4,10,16,19H,5-7H2,1H3. The Morgan fingerprint density at radius 1 is 1.43 bits per heavy atom. The third kappa shape index (κ3) is 5.17.